The Bertz CT molecular complexity index is 2620. The molecule has 0 aromatic heterocycles. The molecule has 3 aliphatic heterocycles. The minimum atomic E-state index is -2.44. The van der Waals surface area contributed by atoms with Crippen LogP contribution in [0.1, 0.15) is 77.0 Å². The maximum Gasteiger partial charge on any atom is 0.303 e. The van der Waals surface area contributed by atoms with Crippen LogP contribution < -0.4 is 0 Å². The molecule has 2 fully saturated rings. The molecule has 2 saturated heterocycles. The van der Waals surface area contributed by atoms with Gasteiger partial charge in [0.2, 0.25) is 0 Å². The molecule has 0 radical (unpaired) electrons. The fraction of sp³-hybridized carbons (Fsp3) is 0.411. The van der Waals surface area contributed by atoms with Crippen LogP contribution in [0.5, 0.6) is 0 Å². The summed E-state index contributed by atoms with van der Waals surface area (Å²) in [5.74, 6) is -1.93. The van der Waals surface area contributed by atoms with Gasteiger partial charge >= 0.3 is 5.97 Å². The maximum atomic E-state index is 14.5. The summed E-state index contributed by atoms with van der Waals surface area (Å²) in [6.07, 6.45) is -8.70. The van der Waals surface area contributed by atoms with E-state index in [1.54, 1.807) is 24.3 Å². The summed E-state index contributed by atoms with van der Waals surface area (Å²) in [7, 11) is -2.44. The highest BCUT2D eigenvalue weighted by molar-refractivity contribution is 6.74. The quantitative estimate of drug-likeness (QED) is 0.0160. The molecular weight excluding hydrogens is 949 g/mol. The number of esters is 1. The van der Waals surface area contributed by atoms with Gasteiger partial charge in [-0.2, -0.15) is 0 Å². The summed E-state index contributed by atoms with van der Waals surface area (Å²) in [4.78, 5) is 46.7. The van der Waals surface area contributed by atoms with Gasteiger partial charge in [0.25, 0.3) is 11.8 Å². The van der Waals surface area contributed by atoms with Crippen LogP contribution in [0.15, 0.2) is 151 Å². The van der Waals surface area contributed by atoms with Crippen molar-refractivity contribution >= 4 is 26.1 Å². The number of imide groups is 1. The highest BCUT2D eigenvalue weighted by Gasteiger charge is 2.58. The number of fused-ring (bicyclic) bond motifs is 2. The van der Waals surface area contributed by atoms with Gasteiger partial charge < -0.3 is 42.3 Å². The molecule has 1 unspecified atom stereocenters. The summed E-state index contributed by atoms with van der Waals surface area (Å²) in [6.45, 7) is 11.8. The summed E-state index contributed by atoms with van der Waals surface area (Å²) >= 11 is 0. The first-order valence-corrected chi connectivity index (χ1v) is 27.5. The second-order valence-corrected chi connectivity index (χ2v) is 24.7. The molecule has 384 valence electrons. The molecule has 16 nitrogen and oxygen atoms in total. The SMILES string of the molecule is CC(=O)O[C@H]1[C@@H]2OC(c3ccccc3)OC[C@H]2O[C@@H](OC[C@@H](OCc2ccccc2)[C@@H](OCc2ccccc2)[C@H](OCc2ccccc2)[C@H](CO[Si](C)(C)C(C)(C)C)N=[N+]=[N-])[C@@H]1N1C(=O)c2ccccc2C1=O. The highest BCUT2D eigenvalue weighted by Crippen LogP contribution is 2.41. The lowest BCUT2D eigenvalue weighted by atomic mass is 9.94. The molecule has 73 heavy (non-hydrogen) atoms. The smallest absolute Gasteiger partial charge is 0.303 e. The van der Waals surface area contributed by atoms with E-state index in [1.165, 1.54) is 6.92 Å². The zero-order chi connectivity index (χ0) is 51.5. The van der Waals surface area contributed by atoms with Crippen molar-refractivity contribution in [2.24, 2.45) is 5.11 Å². The van der Waals surface area contributed by atoms with Crippen LogP contribution in [0.2, 0.25) is 18.1 Å². The Morgan fingerprint density at radius 3 is 1.75 bits per heavy atom. The van der Waals surface area contributed by atoms with Crippen molar-refractivity contribution in [2.75, 3.05) is 19.8 Å². The predicted molar refractivity (Wildman–Crippen MR) is 272 cm³/mol. The average molecular weight is 1010 g/mol. The number of amides is 2. The van der Waals surface area contributed by atoms with Crippen molar-refractivity contribution in [3.63, 3.8) is 0 Å². The Balaban J connectivity index is 1.21. The highest BCUT2D eigenvalue weighted by atomic mass is 28.4. The number of benzene rings is 5. The monoisotopic (exact) mass is 1010 g/mol. The number of nitrogens with zero attached hydrogens (tertiary/aromatic N) is 4. The minimum Gasteiger partial charge on any atom is -0.457 e. The summed E-state index contributed by atoms with van der Waals surface area (Å²) in [5, 5.41) is 4.18. The van der Waals surface area contributed by atoms with E-state index in [-0.39, 0.29) is 55.8 Å². The number of rotatable bonds is 22. The molecule has 0 aliphatic carbocycles. The molecule has 2 amide bonds. The molecule has 5 aromatic carbocycles. The second-order valence-electron chi connectivity index (χ2n) is 19.8. The zero-order valence-electron chi connectivity index (χ0n) is 42.1. The fourth-order valence-corrected chi connectivity index (χ4v) is 9.92. The minimum absolute atomic E-state index is 0.00211. The van der Waals surface area contributed by atoms with E-state index in [9.17, 15) is 19.9 Å². The van der Waals surface area contributed by atoms with Crippen molar-refractivity contribution < 1.29 is 56.7 Å². The molecule has 5 aromatic rings. The largest absolute Gasteiger partial charge is 0.457 e. The van der Waals surface area contributed by atoms with E-state index >= 15 is 0 Å². The van der Waals surface area contributed by atoms with Gasteiger partial charge in [0, 0.05) is 24.0 Å². The van der Waals surface area contributed by atoms with Gasteiger partial charge in [0.05, 0.1) is 56.3 Å². The number of hydrogen-bond donors (Lipinski definition) is 0. The van der Waals surface area contributed by atoms with E-state index < -0.39 is 87.4 Å². The molecular formula is C56H64N4O12Si. The van der Waals surface area contributed by atoms with E-state index in [1.807, 2.05) is 121 Å². The third-order valence-corrected chi connectivity index (χ3v) is 18.3. The van der Waals surface area contributed by atoms with Crippen molar-refractivity contribution in [3.05, 3.63) is 189 Å². The molecule has 10 atom stereocenters. The lowest BCUT2D eigenvalue weighted by Gasteiger charge is -2.50. The van der Waals surface area contributed by atoms with E-state index in [2.05, 4.69) is 43.9 Å². The van der Waals surface area contributed by atoms with Crippen molar-refractivity contribution in [3.8, 4) is 0 Å². The van der Waals surface area contributed by atoms with Gasteiger partial charge in [0.15, 0.2) is 27.0 Å². The molecule has 0 N–H and O–H groups in total. The molecule has 0 saturated carbocycles. The lowest BCUT2D eigenvalue weighted by Crippen LogP contribution is -2.68. The van der Waals surface area contributed by atoms with Gasteiger partial charge in [-0.3, -0.25) is 19.3 Å². The number of hydrogen-bond acceptors (Lipinski definition) is 13. The van der Waals surface area contributed by atoms with Crippen LogP contribution in [0, 0.1) is 0 Å². The molecule has 3 aliphatic rings. The zero-order valence-corrected chi connectivity index (χ0v) is 43.1. The standard InChI is InChI=1S/C56H64N4O12Si/c1-37(61)70-51-47(60-52(62)42-29-19-20-30-43(42)53(60)63)55(71-46-36-67-54(72-50(46)51)41-27-17-10-18-28-41)68-35-45(64-31-38-21-11-7-12-22-38)49(66-33-40-25-15-9-16-26-40)48(65-32-39-23-13-8-14-24-39)44(58-59-57)34-69-73(5,6)56(2,3)4/h7-30,44-51,54-55H,31-36H2,1-6H3/t44-,45+,46+,47+,48+,49+,50+,51+,54?,55+/m0/s1. The van der Waals surface area contributed by atoms with Crippen LogP contribution in [0.3, 0.4) is 0 Å². The van der Waals surface area contributed by atoms with E-state index in [0.29, 0.717) is 5.56 Å². The second kappa shape index (κ2) is 24.3. The Morgan fingerprint density at radius 1 is 0.726 bits per heavy atom. The first kappa shape index (κ1) is 53.2. The van der Waals surface area contributed by atoms with Gasteiger partial charge in [0.1, 0.15) is 30.5 Å². The number of azide groups is 1. The molecule has 17 heteroatoms. The molecule has 0 spiro atoms. The van der Waals surface area contributed by atoms with Gasteiger partial charge in [-0.1, -0.05) is 159 Å². The van der Waals surface area contributed by atoms with Crippen LogP contribution in [-0.4, -0.2) is 106 Å². The third-order valence-electron chi connectivity index (χ3n) is 13.8. The van der Waals surface area contributed by atoms with Crippen LogP contribution in [0.25, 0.3) is 10.4 Å². The van der Waals surface area contributed by atoms with Crippen LogP contribution >= 0.6 is 0 Å². The normalized spacial score (nSPS) is 22.6. The molecule has 8 rings (SSSR count). The fourth-order valence-electron chi connectivity index (χ4n) is 8.90. The summed E-state index contributed by atoms with van der Waals surface area (Å²) < 4.78 is 60.2. The Kier molecular flexibility index (Phi) is 17.7. The van der Waals surface area contributed by atoms with Crippen molar-refractivity contribution in [1.82, 2.24) is 4.90 Å². The number of carbonyl (C=O) groups excluding carboxylic acids is 3. The number of carbonyl (C=O) groups is 3. The maximum absolute atomic E-state index is 14.5. The summed E-state index contributed by atoms with van der Waals surface area (Å²) in [6, 6.07) is 42.2. The predicted octanol–water partition coefficient (Wildman–Crippen LogP) is 9.90. The van der Waals surface area contributed by atoms with Gasteiger partial charge in [-0.15, -0.1) is 0 Å². The molecule has 0 bridgehead atoms. The topological polar surface area (TPSA) is 186 Å². The third kappa shape index (κ3) is 13.0. The summed E-state index contributed by atoms with van der Waals surface area (Å²) in [5.41, 5.74) is 13.8. The molecule has 3 heterocycles. The first-order chi connectivity index (χ1) is 35.2. The Labute approximate surface area is 427 Å². The van der Waals surface area contributed by atoms with Crippen LogP contribution in [-0.2, 0) is 66.9 Å². The first-order valence-electron chi connectivity index (χ1n) is 24.6. The van der Waals surface area contributed by atoms with E-state index in [0.717, 1.165) is 21.6 Å². The Hall–Kier alpha value is -6.08. The Morgan fingerprint density at radius 2 is 1.23 bits per heavy atom. The van der Waals surface area contributed by atoms with E-state index in [4.69, 9.17) is 42.3 Å². The lowest BCUT2D eigenvalue weighted by molar-refractivity contribution is -0.352. The van der Waals surface area contributed by atoms with Crippen molar-refractivity contribution in [2.45, 2.75) is 127 Å². The van der Waals surface area contributed by atoms with Crippen LogP contribution in [0.4, 0.5) is 0 Å². The van der Waals surface area contributed by atoms with Gasteiger partial charge in [-0.25, -0.2) is 0 Å². The van der Waals surface area contributed by atoms with Gasteiger partial charge in [-0.05, 0) is 52.5 Å². The average Bonchev–Trinajstić information content (AvgIpc) is 3.64. The number of ether oxygens (including phenoxy) is 8. The van der Waals surface area contributed by atoms with Crippen molar-refractivity contribution in [1.29, 1.82) is 0 Å².